The topological polar surface area (TPSA) is 50.9 Å². The van der Waals surface area contributed by atoms with Gasteiger partial charge in [-0.05, 0) is 35.2 Å². The fourth-order valence-electron chi connectivity index (χ4n) is 1.36. The summed E-state index contributed by atoms with van der Waals surface area (Å²) < 4.78 is 1.83. The van der Waals surface area contributed by atoms with Gasteiger partial charge in [-0.3, -0.25) is 0 Å². The van der Waals surface area contributed by atoms with Crippen molar-refractivity contribution in [3.05, 3.63) is 34.3 Å². The van der Waals surface area contributed by atoms with Crippen molar-refractivity contribution in [1.82, 2.24) is 15.0 Å². The third-order valence-corrected chi connectivity index (χ3v) is 2.83. The standard InChI is InChI=1S/C10H13N3OS/c14-4-1-2-10-7-13(12-11-10)6-9-3-5-15-8-9/h3,5,7-8,14H,1-2,4,6H2. The van der Waals surface area contributed by atoms with E-state index in [1.165, 1.54) is 5.56 Å². The van der Waals surface area contributed by atoms with Crippen LogP contribution in [0.2, 0.25) is 0 Å². The van der Waals surface area contributed by atoms with Crippen LogP contribution in [0.15, 0.2) is 23.0 Å². The van der Waals surface area contributed by atoms with Crippen molar-refractivity contribution >= 4 is 11.3 Å². The molecule has 4 nitrogen and oxygen atoms in total. The molecule has 2 rings (SSSR count). The van der Waals surface area contributed by atoms with Gasteiger partial charge in [0, 0.05) is 12.8 Å². The Hall–Kier alpha value is -1.20. The van der Waals surface area contributed by atoms with Crippen molar-refractivity contribution < 1.29 is 5.11 Å². The van der Waals surface area contributed by atoms with Gasteiger partial charge < -0.3 is 5.11 Å². The van der Waals surface area contributed by atoms with E-state index in [9.17, 15) is 0 Å². The van der Waals surface area contributed by atoms with Crippen LogP contribution < -0.4 is 0 Å². The van der Waals surface area contributed by atoms with Crippen molar-refractivity contribution in [3.8, 4) is 0 Å². The summed E-state index contributed by atoms with van der Waals surface area (Å²) in [6.45, 7) is 0.979. The zero-order chi connectivity index (χ0) is 10.5. The van der Waals surface area contributed by atoms with Crippen LogP contribution in [0.25, 0.3) is 0 Å². The molecule has 0 aliphatic rings. The van der Waals surface area contributed by atoms with E-state index in [0.717, 1.165) is 25.1 Å². The molecule has 5 heteroatoms. The van der Waals surface area contributed by atoms with Gasteiger partial charge in [0.05, 0.1) is 12.2 Å². The van der Waals surface area contributed by atoms with Crippen LogP contribution in [0.1, 0.15) is 17.7 Å². The minimum atomic E-state index is 0.206. The number of thiophene rings is 1. The lowest BCUT2D eigenvalue weighted by molar-refractivity contribution is 0.288. The summed E-state index contributed by atoms with van der Waals surface area (Å²) in [6.07, 6.45) is 3.48. The summed E-state index contributed by atoms with van der Waals surface area (Å²) >= 11 is 1.68. The summed E-state index contributed by atoms with van der Waals surface area (Å²) in [6, 6.07) is 2.08. The van der Waals surface area contributed by atoms with E-state index in [-0.39, 0.29) is 6.61 Å². The maximum Gasteiger partial charge on any atom is 0.0828 e. The van der Waals surface area contributed by atoms with Gasteiger partial charge in [0.1, 0.15) is 0 Å². The smallest absolute Gasteiger partial charge is 0.0828 e. The molecule has 0 saturated carbocycles. The van der Waals surface area contributed by atoms with Gasteiger partial charge in [-0.2, -0.15) is 11.3 Å². The number of aliphatic hydroxyl groups excluding tert-OH is 1. The van der Waals surface area contributed by atoms with E-state index < -0.39 is 0 Å². The Balaban J connectivity index is 1.95. The molecule has 0 aliphatic carbocycles. The first-order chi connectivity index (χ1) is 7.38. The highest BCUT2D eigenvalue weighted by molar-refractivity contribution is 7.07. The van der Waals surface area contributed by atoms with Gasteiger partial charge in [-0.1, -0.05) is 5.21 Å². The highest BCUT2D eigenvalue weighted by Crippen LogP contribution is 2.07. The van der Waals surface area contributed by atoms with Crippen molar-refractivity contribution in [3.63, 3.8) is 0 Å². The number of aryl methyl sites for hydroxylation is 1. The molecule has 0 aromatic carbocycles. The minimum Gasteiger partial charge on any atom is -0.396 e. The summed E-state index contributed by atoms with van der Waals surface area (Å²) in [5, 5.41) is 20.9. The molecule has 0 aliphatic heterocycles. The Kier molecular flexibility index (Phi) is 3.47. The second kappa shape index (κ2) is 5.04. The first kappa shape index (κ1) is 10.3. The zero-order valence-corrected chi connectivity index (χ0v) is 9.15. The van der Waals surface area contributed by atoms with Crippen LogP contribution in [0.4, 0.5) is 0 Å². The highest BCUT2D eigenvalue weighted by atomic mass is 32.1. The quantitative estimate of drug-likeness (QED) is 0.831. The van der Waals surface area contributed by atoms with Crippen molar-refractivity contribution in [2.45, 2.75) is 19.4 Å². The Morgan fingerprint density at radius 2 is 2.40 bits per heavy atom. The summed E-state index contributed by atoms with van der Waals surface area (Å²) in [7, 11) is 0. The maximum atomic E-state index is 8.69. The monoisotopic (exact) mass is 223 g/mol. The third kappa shape index (κ3) is 2.87. The average molecular weight is 223 g/mol. The highest BCUT2D eigenvalue weighted by Gasteiger charge is 2.01. The molecule has 2 aromatic heterocycles. The van der Waals surface area contributed by atoms with Crippen molar-refractivity contribution in [1.29, 1.82) is 0 Å². The fourth-order valence-corrected chi connectivity index (χ4v) is 2.02. The summed E-state index contributed by atoms with van der Waals surface area (Å²) in [5.41, 5.74) is 2.19. The Morgan fingerprint density at radius 1 is 1.47 bits per heavy atom. The molecule has 0 saturated heterocycles. The molecule has 0 atom stereocenters. The van der Waals surface area contributed by atoms with Crippen molar-refractivity contribution in [2.24, 2.45) is 0 Å². The average Bonchev–Trinajstić information content (AvgIpc) is 2.87. The molecule has 0 amide bonds. The molecule has 1 N–H and O–H groups in total. The number of hydrogen-bond donors (Lipinski definition) is 1. The SMILES string of the molecule is OCCCc1cn(Cc2ccsc2)nn1. The van der Waals surface area contributed by atoms with Crippen LogP contribution in [0.3, 0.4) is 0 Å². The number of hydrogen-bond acceptors (Lipinski definition) is 4. The minimum absolute atomic E-state index is 0.206. The molecule has 0 bridgehead atoms. The van der Waals surface area contributed by atoms with Crippen LogP contribution in [-0.2, 0) is 13.0 Å². The normalized spacial score (nSPS) is 10.7. The molecule has 2 aromatic rings. The molecule has 0 fully saturated rings. The molecule has 2 heterocycles. The second-order valence-corrected chi connectivity index (χ2v) is 4.15. The number of nitrogens with zero attached hydrogens (tertiary/aromatic N) is 3. The lowest BCUT2D eigenvalue weighted by Gasteiger charge is -1.95. The summed E-state index contributed by atoms with van der Waals surface area (Å²) in [5.74, 6) is 0. The van der Waals surface area contributed by atoms with E-state index in [1.54, 1.807) is 11.3 Å². The van der Waals surface area contributed by atoms with Crippen LogP contribution in [0.5, 0.6) is 0 Å². The number of aliphatic hydroxyl groups is 1. The number of rotatable bonds is 5. The van der Waals surface area contributed by atoms with Gasteiger partial charge in [0.2, 0.25) is 0 Å². The van der Waals surface area contributed by atoms with Gasteiger partial charge in [0.15, 0.2) is 0 Å². The largest absolute Gasteiger partial charge is 0.396 e. The Labute approximate surface area is 92.2 Å². The Bertz CT molecular complexity index is 396. The van der Waals surface area contributed by atoms with Crippen LogP contribution >= 0.6 is 11.3 Å². The van der Waals surface area contributed by atoms with Gasteiger partial charge in [-0.15, -0.1) is 5.10 Å². The van der Waals surface area contributed by atoms with Crippen molar-refractivity contribution in [2.75, 3.05) is 6.61 Å². The Morgan fingerprint density at radius 3 is 3.13 bits per heavy atom. The maximum absolute atomic E-state index is 8.69. The lowest BCUT2D eigenvalue weighted by atomic mass is 10.2. The number of aromatic nitrogens is 3. The predicted octanol–water partition coefficient (Wildman–Crippen LogP) is 1.31. The van der Waals surface area contributed by atoms with E-state index >= 15 is 0 Å². The van der Waals surface area contributed by atoms with E-state index in [2.05, 4.69) is 27.1 Å². The third-order valence-electron chi connectivity index (χ3n) is 2.10. The van der Waals surface area contributed by atoms with E-state index in [0.29, 0.717) is 0 Å². The molecule has 80 valence electrons. The second-order valence-electron chi connectivity index (χ2n) is 3.37. The van der Waals surface area contributed by atoms with E-state index in [4.69, 9.17) is 5.11 Å². The van der Waals surface area contributed by atoms with Gasteiger partial charge >= 0.3 is 0 Å². The molecular weight excluding hydrogens is 210 g/mol. The molecular formula is C10H13N3OS. The molecule has 0 radical (unpaired) electrons. The predicted molar refractivity (Wildman–Crippen MR) is 58.8 cm³/mol. The van der Waals surface area contributed by atoms with Gasteiger partial charge in [-0.25, -0.2) is 4.68 Å². The summed E-state index contributed by atoms with van der Waals surface area (Å²) in [4.78, 5) is 0. The van der Waals surface area contributed by atoms with E-state index in [1.807, 2.05) is 10.9 Å². The first-order valence-electron chi connectivity index (χ1n) is 4.89. The molecule has 15 heavy (non-hydrogen) atoms. The lowest BCUT2D eigenvalue weighted by Crippen LogP contribution is -1.98. The van der Waals surface area contributed by atoms with Crippen LogP contribution in [0, 0.1) is 0 Å². The fraction of sp³-hybridized carbons (Fsp3) is 0.400. The molecule has 0 spiro atoms. The zero-order valence-electron chi connectivity index (χ0n) is 8.33. The molecule has 0 unspecified atom stereocenters. The van der Waals surface area contributed by atoms with Crippen LogP contribution in [-0.4, -0.2) is 26.7 Å². The van der Waals surface area contributed by atoms with Gasteiger partial charge in [0.25, 0.3) is 0 Å². The first-order valence-corrected chi connectivity index (χ1v) is 5.83.